The maximum absolute atomic E-state index is 14.5. The van der Waals surface area contributed by atoms with E-state index in [1.54, 1.807) is 0 Å². The van der Waals surface area contributed by atoms with E-state index in [0.29, 0.717) is 35.2 Å². The fourth-order valence-electron chi connectivity index (χ4n) is 3.46. The number of amides is 3. The first kappa shape index (κ1) is 18.7. The molecule has 1 atom stereocenters. The van der Waals surface area contributed by atoms with E-state index >= 15 is 0 Å². The third-order valence-corrected chi connectivity index (χ3v) is 5.26. The highest BCUT2D eigenvalue weighted by molar-refractivity contribution is 6.31. The number of fused-ring (bicyclic) bond motifs is 1. The Morgan fingerprint density at radius 3 is 2.46 bits per heavy atom. The minimum Gasteiger partial charge on any atom is -0.335 e. The molecule has 2 aliphatic carbocycles. The van der Waals surface area contributed by atoms with Crippen molar-refractivity contribution in [2.45, 2.75) is 37.8 Å². The SMILES string of the molecule is O=C(NC1CC1)NC1CCc2c(C(=O)Nc3ccc(F)c(Cl)c3)ccc(F)c21. The summed E-state index contributed by atoms with van der Waals surface area (Å²) in [6, 6.07) is 5.90. The Morgan fingerprint density at radius 2 is 1.75 bits per heavy atom. The second kappa shape index (κ2) is 7.39. The molecule has 1 unspecified atom stereocenters. The fraction of sp³-hybridized carbons (Fsp3) is 0.300. The van der Waals surface area contributed by atoms with Gasteiger partial charge >= 0.3 is 6.03 Å². The fourth-order valence-corrected chi connectivity index (χ4v) is 3.64. The Kier molecular flexibility index (Phi) is 4.93. The molecule has 0 aliphatic heterocycles. The van der Waals surface area contributed by atoms with Gasteiger partial charge in [-0.25, -0.2) is 13.6 Å². The Morgan fingerprint density at radius 1 is 1.00 bits per heavy atom. The van der Waals surface area contributed by atoms with Crippen molar-refractivity contribution in [1.82, 2.24) is 10.6 Å². The zero-order valence-corrected chi connectivity index (χ0v) is 15.6. The van der Waals surface area contributed by atoms with Gasteiger partial charge in [-0.3, -0.25) is 4.79 Å². The third-order valence-electron chi connectivity index (χ3n) is 4.98. The molecule has 1 fully saturated rings. The van der Waals surface area contributed by atoms with E-state index in [9.17, 15) is 18.4 Å². The number of rotatable bonds is 4. The molecular weight excluding hydrogens is 388 g/mol. The molecule has 3 N–H and O–H groups in total. The molecule has 5 nitrogen and oxygen atoms in total. The lowest BCUT2D eigenvalue weighted by atomic mass is 10.0. The highest BCUT2D eigenvalue weighted by Crippen LogP contribution is 2.36. The van der Waals surface area contributed by atoms with E-state index in [4.69, 9.17) is 11.6 Å². The van der Waals surface area contributed by atoms with E-state index in [1.807, 2.05) is 0 Å². The van der Waals surface area contributed by atoms with Crippen molar-refractivity contribution < 1.29 is 18.4 Å². The molecule has 0 aromatic heterocycles. The van der Waals surface area contributed by atoms with E-state index in [2.05, 4.69) is 16.0 Å². The summed E-state index contributed by atoms with van der Waals surface area (Å²) in [6.07, 6.45) is 2.90. The zero-order valence-electron chi connectivity index (χ0n) is 14.8. The minimum absolute atomic E-state index is 0.104. The quantitative estimate of drug-likeness (QED) is 0.709. The van der Waals surface area contributed by atoms with Gasteiger partial charge in [-0.05, 0) is 61.6 Å². The second-order valence-corrected chi connectivity index (χ2v) is 7.46. The lowest BCUT2D eigenvalue weighted by Gasteiger charge is -2.16. The predicted molar refractivity (Wildman–Crippen MR) is 102 cm³/mol. The number of hydrogen-bond acceptors (Lipinski definition) is 2. The molecule has 0 bridgehead atoms. The van der Waals surface area contributed by atoms with Crippen LogP contribution in [0.3, 0.4) is 0 Å². The van der Waals surface area contributed by atoms with Gasteiger partial charge in [-0.2, -0.15) is 0 Å². The summed E-state index contributed by atoms with van der Waals surface area (Å²) in [7, 11) is 0. The molecule has 146 valence electrons. The van der Waals surface area contributed by atoms with E-state index < -0.39 is 23.6 Å². The van der Waals surface area contributed by atoms with Gasteiger partial charge < -0.3 is 16.0 Å². The summed E-state index contributed by atoms with van der Waals surface area (Å²) in [5.74, 6) is -1.48. The summed E-state index contributed by atoms with van der Waals surface area (Å²) in [4.78, 5) is 24.7. The number of halogens is 3. The molecule has 2 aromatic rings. The number of benzene rings is 2. The van der Waals surface area contributed by atoms with Crippen LogP contribution in [0.4, 0.5) is 19.3 Å². The van der Waals surface area contributed by atoms with E-state index in [0.717, 1.165) is 18.9 Å². The molecular formula is C20H18ClF2N3O2. The topological polar surface area (TPSA) is 70.2 Å². The molecule has 4 rings (SSSR count). The van der Waals surface area contributed by atoms with Crippen LogP contribution in [0.15, 0.2) is 30.3 Å². The van der Waals surface area contributed by atoms with Gasteiger partial charge in [-0.15, -0.1) is 0 Å². The van der Waals surface area contributed by atoms with Crippen molar-refractivity contribution in [2.24, 2.45) is 0 Å². The van der Waals surface area contributed by atoms with Crippen LogP contribution in [0.2, 0.25) is 5.02 Å². The monoisotopic (exact) mass is 405 g/mol. The van der Waals surface area contributed by atoms with Gasteiger partial charge in [0.2, 0.25) is 0 Å². The first-order valence-electron chi connectivity index (χ1n) is 9.07. The molecule has 2 aromatic carbocycles. The summed E-state index contributed by atoms with van der Waals surface area (Å²) in [5.41, 5.74) is 1.58. The normalized spacial score (nSPS) is 17.8. The molecule has 0 heterocycles. The molecule has 0 spiro atoms. The predicted octanol–water partition coefficient (Wildman–Crippen LogP) is 4.32. The Labute approximate surface area is 165 Å². The summed E-state index contributed by atoms with van der Waals surface area (Å²) < 4.78 is 27.8. The van der Waals surface area contributed by atoms with Gasteiger partial charge in [0, 0.05) is 22.9 Å². The number of carbonyl (C=O) groups is 2. The number of urea groups is 1. The Hall–Kier alpha value is -2.67. The van der Waals surface area contributed by atoms with Crippen LogP contribution < -0.4 is 16.0 Å². The van der Waals surface area contributed by atoms with Crippen molar-refractivity contribution in [3.05, 3.63) is 63.7 Å². The summed E-state index contributed by atoms with van der Waals surface area (Å²) in [6.45, 7) is 0. The van der Waals surface area contributed by atoms with Crippen LogP contribution in [0.25, 0.3) is 0 Å². The first-order valence-corrected chi connectivity index (χ1v) is 9.45. The van der Waals surface area contributed by atoms with E-state index in [1.165, 1.54) is 24.3 Å². The smallest absolute Gasteiger partial charge is 0.315 e. The molecule has 0 saturated heterocycles. The lowest BCUT2D eigenvalue weighted by Crippen LogP contribution is -2.38. The van der Waals surface area contributed by atoms with Crippen LogP contribution >= 0.6 is 11.6 Å². The Balaban J connectivity index is 1.54. The van der Waals surface area contributed by atoms with Crippen molar-refractivity contribution in [2.75, 3.05) is 5.32 Å². The molecule has 1 saturated carbocycles. The average molecular weight is 406 g/mol. The molecule has 0 radical (unpaired) electrons. The van der Waals surface area contributed by atoms with Crippen molar-refractivity contribution >= 4 is 29.2 Å². The van der Waals surface area contributed by atoms with Crippen LogP contribution in [0.1, 0.15) is 46.8 Å². The highest BCUT2D eigenvalue weighted by Gasteiger charge is 2.32. The Bertz CT molecular complexity index is 963. The van der Waals surface area contributed by atoms with E-state index in [-0.39, 0.29) is 17.1 Å². The number of nitrogens with one attached hydrogen (secondary N) is 3. The minimum atomic E-state index is -0.583. The van der Waals surface area contributed by atoms with Gasteiger partial charge in [0.05, 0.1) is 11.1 Å². The molecule has 8 heteroatoms. The van der Waals surface area contributed by atoms with Crippen molar-refractivity contribution in [3.63, 3.8) is 0 Å². The molecule has 2 aliphatic rings. The van der Waals surface area contributed by atoms with Gasteiger partial charge in [0.25, 0.3) is 5.91 Å². The summed E-state index contributed by atoms with van der Waals surface area (Å²) >= 11 is 5.74. The summed E-state index contributed by atoms with van der Waals surface area (Å²) in [5, 5.41) is 8.16. The third kappa shape index (κ3) is 3.80. The van der Waals surface area contributed by atoms with Crippen molar-refractivity contribution in [3.8, 4) is 0 Å². The molecule has 3 amide bonds. The zero-order chi connectivity index (χ0) is 19.8. The number of anilines is 1. The highest BCUT2D eigenvalue weighted by atomic mass is 35.5. The maximum Gasteiger partial charge on any atom is 0.315 e. The lowest BCUT2D eigenvalue weighted by molar-refractivity contribution is 0.102. The van der Waals surface area contributed by atoms with Crippen LogP contribution in [-0.2, 0) is 6.42 Å². The van der Waals surface area contributed by atoms with Gasteiger partial charge in [0.1, 0.15) is 11.6 Å². The largest absolute Gasteiger partial charge is 0.335 e. The van der Waals surface area contributed by atoms with Gasteiger partial charge in [0.15, 0.2) is 0 Å². The van der Waals surface area contributed by atoms with Gasteiger partial charge in [-0.1, -0.05) is 11.6 Å². The first-order chi connectivity index (χ1) is 13.4. The average Bonchev–Trinajstić information content (AvgIpc) is 3.36. The van der Waals surface area contributed by atoms with Crippen LogP contribution in [0.5, 0.6) is 0 Å². The second-order valence-electron chi connectivity index (χ2n) is 7.05. The van der Waals surface area contributed by atoms with Crippen molar-refractivity contribution in [1.29, 1.82) is 0 Å². The number of carbonyl (C=O) groups excluding carboxylic acids is 2. The standard InChI is InChI=1S/C20H18ClF2N3O2/c21-14-9-11(3-6-15(14)22)24-19(27)13-4-7-16(23)18-12(13)5-8-17(18)26-20(28)25-10-1-2-10/h3-4,6-7,9-10,17H,1-2,5,8H2,(H,24,27)(H2,25,26,28). The molecule has 28 heavy (non-hydrogen) atoms. The van der Waals surface area contributed by atoms with Crippen LogP contribution in [0, 0.1) is 11.6 Å². The number of hydrogen-bond donors (Lipinski definition) is 3. The maximum atomic E-state index is 14.5. The van der Waals surface area contributed by atoms with Crippen LogP contribution in [-0.4, -0.2) is 18.0 Å².